The van der Waals surface area contributed by atoms with Gasteiger partial charge in [-0.15, -0.1) is 0 Å². The summed E-state index contributed by atoms with van der Waals surface area (Å²) in [5.41, 5.74) is 0.321. The summed E-state index contributed by atoms with van der Waals surface area (Å²) in [6.07, 6.45) is -0.249. The summed E-state index contributed by atoms with van der Waals surface area (Å²) in [5.74, 6) is -0.855. The zero-order valence-electron chi connectivity index (χ0n) is 8.54. The van der Waals surface area contributed by atoms with Gasteiger partial charge >= 0.3 is 0 Å². The van der Waals surface area contributed by atoms with Crippen molar-refractivity contribution in [1.29, 1.82) is 0 Å². The van der Waals surface area contributed by atoms with E-state index in [1.54, 1.807) is 0 Å². The van der Waals surface area contributed by atoms with E-state index in [1.165, 1.54) is 13.0 Å². The standard InChI is InChI=1S/C10H10ClFO3S/c1-7-6-8(12)2-3-9(7)16(14,15)5-4-10(11)13/h2-3,6H,4-5H2,1H3. The average molecular weight is 265 g/mol. The number of sulfone groups is 1. The number of carbonyl (C=O) groups is 1. The summed E-state index contributed by atoms with van der Waals surface area (Å²) in [6.45, 7) is 1.50. The number of benzene rings is 1. The highest BCUT2D eigenvalue weighted by atomic mass is 35.5. The molecule has 0 saturated carbocycles. The average Bonchev–Trinajstić information content (AvgIpc) is 2.14. The van der Waals surface area contributed by atoms with Crippen molar-refractivity contribution in [3.63, 3.8) is 0 Å². The summed E-state index contributed by atoms with van der Waals surface area (Å²) in [6, 6.07) is 3.40. The van der Waals surface area contributed by atoms with Gasteiger partial charge in [-0.25, -0.2) is 12.8 Å². The largest absolute Gasteiger partial charge is 0.281 e. The van der Waals surface area contributed by atoms with Crippen molar-refractivity contribution < 1.29 is 17.6 Å². The van der Waals surface area contributed by atoms with Crippen molar-refractivity contribution in [3.8, 4) is 0 Å². The molecule has 6 heteroatoms. The smallest absolute Gasteiger partial charge is 0.222 e. The molecule has 0 atom stereocenters. The van der Waals surface area contributed by atoms with Crippen molar-refractivity contribution in [2.45, 2.75) is 18.2 Å². The quantitative estimate of drug-likeness (QED) is 0.618. The molecule has 3 nitrogen and oxygen atoms in total. The van der Waals surface area contributed by atoms with Crippen molar-refractivity contribution in [2.75, 3.05) is 5.75 Å². The van der Waals surface area contributed by atoms with Gasteiger partial charge in [0.05, 0.1) is 10.6 Å². The molecule has 1 aromatic rings. The Morgan fingerprint density at radius 3 is 2.56 bits per heavy atom. The summed E-state index contributed by atoms with van der Waals surface area (Å²) in [7, 11) is -3.57. The van der Waals surface area contributed by atoms with Crippen molar-refractivity contribution in [1.82, 2.24) is 0 Å². The zero-order valence-corrected chi connectivity index (χ0v) is 10.1. The highest BCUT2D eigenvalue weighted by Gasteiger charge is 2.18. The lowest BCUT2D eigenvalue weighted by Gasteiger charge is -2.06. The first-order valence-corrected chi connectivity index (χ1v) is 6.53. The highest BCUT2D eigenvalue weighted by Crippen LogP contribution is 2.18. The lowest BCUT2D eigenvalue weighted by molar-refractivity contribution is -0.111. The van der Waals surface area contributed by atoms with E-state index in [4.69, 9.17) is 11.6 Å². The fourth-order valence-electron chi connectivity index (χ4n) is 1.29. The van der Waals surface area contributed by atoms with Crippen molar-refractivity contribution in [2.24, 2.45) is 0 Å². The van der Waals surface area contributed by atoms with Gasteiger partial charge in [0.15, 0.2) is 9.84 Å². The lowest BCUT2D eigenvalue weighted by atomic mass is 10.2. The van der Waals surface area contributed by atoms with Crippen LogP contribution in [0.4, 0.5) is 4.39 Å². The minimum Gasteiger partial charge on any atom is -0.281 e. The van der Waals surface area contributed by atoms with Crippen LogP contribution >= 0.6 is 11.6 Å². The molecule has 0 N–H and O–H groups in total. The SMILES string of the molecule is Cc1cc(F)ccc1S(=O)(=O)CCC(=O)Cl. The predicted molar refractivity (Wildman–Crippen MR) is 58.7 cm³/mol. The first-order valence-electron chi connectivity index (χ1n) is 4.50. The summed E-state index contributed by atoms with van der Waals surface area (Å²) in [4.78, 5) is 10.5. The molecule has 0 heterocycles. The summed E-state index contributed by atoms with van der Waals surface area (Å²) < 4.78 is 36.3. The molecule has 16 heavy (non-hydrogen) atoms. The van der Waals surface area contributed by atoms with E-state index in [0.717, 1.165) is 12.1 Å². The van der Waals surface area contributed by atoms with Crippen LogP contribution in [0.25, 0.3) is 0 Å². The van der Waals surface area contributed by atoms with Gasteiger partial charge in [0.1, 0.15) is 5.82 Å². The molecular formula is C10H10ClFO3S. The molecule has 0 aliphatic carbocycles. The van der Waals surface area contributed by atoms with Gasteiger partial charge in [-0.05, 0) is 42.3 Å². The Morgan fingerprint density at radius 2 is 2.06 bits per heavy atom. The van der Waals surface area contributed by atoms with Crippen LogP contribution in [-0.4, -0.2) is 19.4 Å². The fraction of sp³-hybridized carbons (Fsp3) is 0.300. The van der Waals surface area contributed by atoms with E-state index < -0.39 is 20.9 Å². The molecule has 1 rings (SSSR count). The van der Waals surface area contributed by atoms with Gasteiger partial charge in [-0.1, -0.05) is 0 Å². The molecule has 0 fully saturated rings. The highest BCUT2D eigenvalue weighted by molar-refractivity contribution is 7.91. The first-order chi connectivity index (χ1) is 7.33. The van der Waals surface area contributed by atoms with E-state index >= 15 is 0 Å². The monoisotopic (exact) mass is 264 g/mol. The second kappa shape index (κ2) is 4.93. The van der Waals surface area contributed by atoms with Gasteiger partial charge < -0.3 is 0 Å². The molecule has 88 valence electrons. The topological polar surface area (TPSA) is 51.2 Å². The molecule has 0 bridgehead atoms. The maximum Gasteiger partial charge on any atom is 0.222 e. The van der Waals surface area contributed by atoms with E-state index in [2.05, 4.69) is 0 Å². The van der Waals surface area contributed by atoms with Crippen LogP contribution in [0, 0.1) is 12.7 Å². The molecule has 0 spiro atoms. The molecule has 0 aromatic heterocycles. The lowest BCUT2D eigenvalue weighted by Crippen LogP contribution is -2.10. The molecule has 0 saturated heterocycles. The van der Waals surface area contributed by atoms with Crippen LogP contribution in [-0.2, 0) is 14.6 Å². The molecule has 0 amide bonds. The van der Waals surface area contributed by atoms with Gasteiger partial charge in [0.2, 0.25) is 5.24 Å². The van der Waals surface area contributed by atoms with Gasteiger partial charge in [0, 0.05) is 6.42 Å². The Bertz CT molecular complexity index is 511. The first kappa shape index (κ1) is 13.1. The molecule has 0 radical (unpaired) electrons. The normalized spacial score (nSPS) is 11.4. The molecule has 1 aromatic carbocycles. The van der Waals surface area contributed by atoms with Gasteiger partial charge in [-0.3, -0.25) is 4.79 Å². The van der Waals surface area contributed by atoms with E-state index in [9.17, 15) is 17.6 Å². The minimum absolute atomic E-state index is 0.0341. The number of hydrogen-bond acceptors (Lipinski definition) is 3. The number of carbonyl (C=O) groups excluding carboxylic acids is 1. The minimum atomic E-state index is -3.57. The number of hydrogen-bond donors (Lipinski definition) is 0. The number of rotatable bonds is 4. The molecule has 0 aliphatic rings. The van der Waals surface area contributed by atoms with Crippen LogP contribution in [0.1, 0.15) is 12.0 Å². The third kappa shape index (κ3) is 3.28. The maximum atomic E-state index is 12.8. The fourth-order valence-corrected chi connectivity index (χ4v) is 2.99. The van der Waals surface area contributed by atoms with Crippen LogP contribution in [0.2, 0.25) is 0 Å². The summed E-state index contributed by atoms with van der Waals surface area (Å²) in [5, 5.41) is -0.705. The number of halogens is 2. The Morgan fingerprint density at radius 1 is 1.44 bits per heavy atom. The maximum absolute atomic E-state index is 12.8. The van der Waals surface area contributed by atoms with Gasteiger partial charge in [-0.2, -0.15) is 0 Å². The van der Waals surface area contributed by atoms with Crippen LogP contribution in [0.3, 0.4) is 0 Å². The number of aryl methyl sites for hydroxylation is 1. The second-order valence-corrected chi connectivity index (χ2v) is 5.83. The third-order valence-corrected chi connectivity index (χ3v) is 4.10. The Labute approximate surface area is 98.1 Å². The Hall–Kier alpha value is -0.940. The second-order valence-electron chi connectivity index (χ2n) is 3.33. The van der Waals surface area contributed by atoms with E-state index in [-0.39, 0.29) is 17.1 Å². The molecular weight excluding hydrogens is 255 g/mol. The van der Waals surface area contributed by atoms with Crippen LogP contribution < -0.4 is 0 Å². The van der Waals surface area contributed by atoms with E-state index in [1.807, 2.05) is 0 Å². The predicted octanol–water partition coefficient (Wildman–Crippen LogP) is 2.06. The zero-order chi connectivity index (χ0) is 12.3. The Kier molecular flexibility index (Phi) is 4.04. The van der Waals surface area contributed by atoms with Gasteiger partial charge in [0.25, 0.3) is 0 Å². The van der Waals surface area contributed by atoms with Crippen molar-refractivity contribution >= 4 is 26.7 Å². The Balaban J connectivity index is 3.03. The third-order valence-electron chi connectivity index (χ3n) is 2.04. The van der Waals surface area contributed by atoms with Crippen LogP contribution in [0.5, 0.6) is 0 Å². The molecule has 0 aliphatic heterocycles. The summed E-state index contributed by atoms with van der Waals surface area (Å²) >= 11 is 5.07. The molecule has 0 unspecified atom stereocenters. The van der Waals surface area contributed by atoms with Crippen LogP contribution in [0.15, 0.2) is 23.1 Å². The van der Waals surface area contributed by atoms with Crippen molar-refractivity contribution in [3.05, 3.63) is 29.6 Å². The van der Waals surface area contributed by atoms with E-state index in [0.29, 0.717) is 5.56 Å².